The van der Waals surface area contributed by atoms with Crippen molar-refractivity contribution < 1.29 is 31.1 Å². The average molecular weight is 450 g/mol. The van der Waals surface area contributed by atoms with E-state index in [4.69, 9.17) is 0 Å². The summed E-state index contributed by atoms with van der Waals surface area (Å²) in [4.78, 5) is 17.0. The third kappa shape index (κ3) is 6.14. The molecule has 9 heteroatoms. The number of carbonyl (C=O) groups excluding carboxylic acids is 1. The summed E-state index contributed by atoms with van der Waals surface area (Å²) in [6.45, 7) is 4.85. The lowest BCUT2D eigenvalue weighted by Crippen LogP contribution is -2.49. The molecule has 1 atom stereocenters. The molecule has 3 nitrogen and oxygen atoms in total. The predicted molar refractivity (Wildman–Crippen MR) is 104 cm³/mol. The molecule has 0 aliphatic carbocycles. The van der Waals surface area contributed by atoms with Gasteiger partial charge in [-0.15, -0.1) is 0 Å². The van der Waals surface area contributed by atoms with E-state index in [-0.39, 0.29) is 24.0 Å². The Kier molecular flexibility index (Phi) is 7.23. The van der Waals surface area contributed by atoms with Crippen LogP contribution in [0.3, 0.4) is 0 Å². The molecule has 1 amide bonds. The molecule has 2 saturated heterocycles. The van der Waals surface area contributed by atoms with E-state index in [1.807, 2.05) is 0 Å². The van der Waals surface area contributed by atoms with Gasteiger partial charge in [0.05, 0.1) is 11.1 Å². The smallest absolute Gasteiger partial charge is 0.342 e. The molecule has 0 spiro atoms. The number of hydrogen-bond donors (Lipinski definition) is 0. The van der Waals surface area contributed by atoms with E-state index in [0.29, 0.717) is 31.3 Å². The molecule has 1 aromatic rings. The average Bonchev–Trinajstić information content (AvgIpc) is 2.72. The first-order valence-electron chi connectivity index (χ1n) is 10.8. The maximum Gasteiger partial charge on any atom is 0.416 e. The van der Waals surface area contributed by atoms with E-state index in [2.05, 4.69) is 4.90 Å². The van der Waals surface area contributed by atoms with Gasteiger partial charge in [-0.25, -0.2) is 0 Å². The van der Waals surface area contributed by atoms with Crippen LogP contribution in [0.25, 0.3) is 0 Å². The Bertz CT molecular complexity index is 730. The summed E-state index contributed by atoms with van der Waals surface area (Å²) in [5.74, 6) is -0.917. The van der Waals surface area contributed by atoms with Crippen LogP contribution >= 0.6 is 0 Å². The molecule has 0 unspecified atom stereocenters. The number of hydrogen-bond acceptors (Lipinski definition) is 2. The number of alkyl halides is 6. The van der Waals surface area contributed by atoms with Crippen molar-refractivity contribution >= 4 is 5.91 Å². The Morgan fingerprint density at radius 2 is 1.42 bits per heavy atom. The second kappa shape index (κ2) is 9.38. The lowest BCUT2D eigenvalue weighted by molar-refractivity contribution is -0.143. The van der Waals surface area contributed by atoms with Gasteiger partial charge < -0.3 is 9.80 Å². The van der Waals surface area contributed by atoms with Crippen molar-refractivity contribution in [3.05, 3.63) is 34.9 Å². The van der Waals surface area contributed by atoms with E-state index < -0.39 is 29.4 Å². The fourth-order valence-corrected chi connectivity index (χ4v) is 4.62. The number of amides is 1. The number of rotatable bonds is 4. The first-order chi connectivity index (χ1) is 14.4. The number of benzene rings is 1. The fraction of sp³-hybridized carbons (Fsp3) is 0.682. The van der Waals surface area contributed by atoms with Crippen LogP contribution in [0, 0.1) is 5.92 Å². The zero-order valence-electron chi connectivity index (χ0n) is 17.5. The van der Waals surface area contributed by atoms with Gasteiger partial charge in [0.25, 0.3) is 0 Å². The van der Waals surface area contributed by atoms with Crippen LogP contribution < -0.4 is 0 Å². The van der Waals surface area contributed by atoms with Crippen molar-refractivity contribution in [3.63, 3.8) is 0 Å². The minimum atomic E-state index is -4.89. The Balaban J connectivity index is 1.64. The minimum absolute atomic E-state index is 0.112. The lowest BCUT2D eigenvalue weighted by atomic mass is 9.94. The predicted octanol–water partition coefficient (Wildman–Crippen LogP) is 5.38. The Morgan fingerprint density at radius 1 is 0.903 bits per heavy atom. The molecule has 2 aliphatic heterocycles. The van der Waals surface area contributed by atoms with Crippen molar-refractivity contribution in [3.8, 4) is 0 Å². The van der Waals surface area contributed by atoms with Crippen LogP contribution in [0.15, 0.2) is 18.2 Å². The van der Waals surface area contributed by atoms with Gasteiger partial charge in [-0.3, -0.25) is 4.79 Å². The van der Waals surface area contributed by atoms with Crippen molar-refractivity contribution in [1.29, 1.82) is 0 Å². The minimum Gasteiger partial charge on any atom is -0.342 e. The summed E-state index contributed by atoms with van der Waals surface area (Å²) < 4.78 is 78.4. The third-order valence-electron chi connectivity index (χ3n) is 6.29. The van der Waals surface area contributed by atoms with Crippen LogP contribution in [-0.4, -0.2) is 47.9 Å². The van der Waals surface area contributed by atoms with E-state index >= 15 is 0 Å². The number of piperidine rings is 2. The summed E-state index contributed by atoms with van der Waals surface area (Å²) in [7, 11) is 0. The molecular weight excluding hydrogens is 422 g/mol. The van der Waals surface area contributed by atoms with Crippen molar-refractivity contribution in [2.24, 2.45) is 5.92 Å². The van der Waals surface area contributed by atoms with Gasteiger partial charge in [-0.1, -0.05) is 13.3 Å². The summed E-state index contributed by atoms with van der Waals surface area (Å²) >= 11 is 0. The summed E-state index contributed by atoms with van der Waals surface area (Å²) in [6, 6.07) is 1.97. The molecule has 2 heterocycles. The monoisotopic (exact) mass is 450 g/mol. The van der Waals surface area contributed by atoms with E-state index in [9.17, 15) is 31.1 Å². The van der Waals surface area contributed by atoms with Gasteiger partial charge in [-0.2, -0.15) is 26.3 Å². The molecule has 1 aromatic carbocycles. The van der Waals surface area contributed by atoms with Crippen LogP contribution in [0.1, 0.15) is 55.7 Å². The second-order valence-corrected chi connectivity index (χ2v) is 8.67. The molecular formula is C22H28F6N2O. The Labute approximate surface area is 178 Å². The van der Waals surface area contributed by atoms with Gasteiger partial charge in [0.2, 0.25) is 5.91 Å². The highest BCUT2D eigenvalue weighted by molar-refractivity contribution is 5.79. The van der Waals surface area contributed by atoms with Gasteiger partial charge in [0.1, 0.15) is 0 Å². The van der Waals surface area contributed by atoms with Crippen molar-refractivity contribution in [1.82, 2.24) is 9.80 Å². The van der Waals surface area contributed by atoms with Gasteiger partial charge in [0.15, 0.2) is 0 Å². The summed E-state index contributed by atoms with van der Waals surface area (Å²) in [5, 5.41) is 0. The summed E-state index contributed by atoms with van der Waals surface area (Å²) in [6.07, 6.45) is -4.63. The SMILES string of the molecule is C[C@H](Cc1cc(C(F)(F)F)cc(C(F)(F)F)c1)C(=O)N1CCC(N2CCCCC2)CC1. The highest BCUT2D eigenvalue weighted by Crippen LogP contribution is 2.37. The molecule has 174 valence electrons. The maximum atomic E-state index is 13.1. The quantitative estimate of drug-likeness (QED) is 0.575. The van der Waals surface area contributed by atoms with Gasteiger partial charge in [-0.05, 0) is 69.0 Å². The first-order valence-corrected chi connectivity index (χ1v) is 10.8. The van der Waals surface area contributed by atoms with Crippen molar-refractivity contribution in [2.45, 2.75) is 63.8 Å². The molecule has 0 N–H and O–H groups in total. The van der Waals surface area contributed by atoms with Crippen LogP contribution in [0.2, 0.25) is 0 Å². The normalized spacial score (nSPS) is 20.7. The van der Waals surface area contributed by atoms with E-state index in [1.54, 1.807) is 11.8 Å². The molecule has 0 aromatic heterocycles. The number of likely N-dealkylation sites (tertiary alicyclic amines) is 2. The zero-order chi connectivity index (χ0) is 22.8. The highest BCUT2D eigenvalue weighted by Gasteiger charge is 2.37. The second-order valence-electron chi connectivity index (χ2n) is 8.67. The fourth-order valence-electron chi connectivity index (χ4n) is 4.62. The van der Waals surface area contributed by atoms with Crippen LogP contribution in [0.4, 0.5) is 26.3 Å². The standard InChI is InChI=1S/C22H28F6N2O/c1-15(11-16-12-17(21(23,24)25)14-18(13-16)22(26,27)28)20(31)30-9-5-19(6-10-30)29-7-3-2-4-8-29/h12-15,19H,2-11H2,1H3/t15-/m1/s1. The van der Waals surface area contributed by atoms with E-state index in [1.165, 1.54) is 19.3 Å². The lowest BCUT2D eigenvalue weighted by Gasteiger charge is -2.40. The molecule has 0 saturated carbocycles. The molecule has 3 rings (SSSR count). The first kappa shape index (κ1) is 23.9. The van der Waals surface area contributed by atoms with Gasteiger partial charge in [0, 0.05) is 25.0 Å². The van der Waals surface area contributed by atoms with Crippen LogP contribution in [0.5, 0.6) is 0 Å². The van der Waals surface area contributed by atoms with Crippen molar-refractivity contribution in [2.75, 3.05) is 26.2 Å². The Morgan fingerprint density at radius 3 is 1.90 bits per heavy atom. The number of carbonyl (C=O) groups is 1. The summed E-state index contributed by atoms with van der Waals surface area (Å²) in [5.41, 5.74) is -2.83. The number of halogens is 6. The topological polar surface area (TPSA) is 23.6 Å². The van der Waals surface area contributed by atoms with Crippen LogP contribution in [-0.2, 0) is 23.6 Å². The van der Waals surface area contributed by atoms with E-state index in [0.717, 1.165) is 25.9 Å². The largest absolute Gasteiger partial charge is 0.416 e. The zero-order valence-corrected chi connectivity index (χ0v) is 17.5. The number of nitrogens with zero attached hydrogens (tertiary/aromatic N) is 2. The molecule has 31 heavy (non-hydrogen) atoms. The highest BCUT2D eigenvalue weighted by atomic mass is 19.4. The molecule has 0 bridgehead atoms. The Hall–Kier alpha value is -1.77. The van der Waals surface area contributed by atoms with Gasteiger partial charge >= 0.3 is 12.4 Å². The maximum absolute atomic E-state index is 13.1. The third-order valence-corrected chi connectivity index (χ3v) is 6.29. The molecule has 2 aliphatic rings. The molecule has 2 fully saturated rings. The molecule has 0 radical (unpaired) electrons.